The molecule has 0 aromatic rings. The minimum Gasteiger partial charge on any atom is -0.313 e. The van der Waals surface area contributed by atoms with E-state index in [1.165, 1.54) is 6.21 Å². The standard InChI is InChI=1S/C7H8N4O/c1-4-10-6-5(7(12)11-4)8-2-3-9-6/h2-3,5-6H,1H3,(H,10,11,12). The topological polar surface area (TPSA) is 66.2 Å². The molecular formula is C7H8N4O. The van der Waals surface area contributed by atoms with E-state index in [2.05, 4.69) is 20.3 Å². The number of fused-ring (bicyclic) bond motifs is 1. The van der Waals surface area contributed by atoms with Crippen LogP contribution in [-0.2, 0) is 4.79 Å². The van der Waals surface area contributed by atoms with Gasteiger partial charge in [-0.05, 0) is 6.92 Å². The average Bonchev–Trinajstić information content (AvgIpc) is 2.04. The number of amides is 1. The highest BCUT2D eigenvalue weighted by atomic mass is 16.2. The highest BCUT2D eigenvalue weighted by Gasteiger charge is 2.31. The first-order chi connectivity index (χ1) is 5.77. The van der Waals surface area contributed by atoms with E-state index in [-0.39, 0.29) is 12.1 Å². The molecule has 0 aromatic heterocycles. The van der Waals surface area contributed by atoms with Gasteiger partial charge in [0.1, 0.15) is 5.84 Å². The lowest BCUT2D eigenvalue weighted by molar-refractivity contribution is -0.121. The van der Waals surface area contributed by atoms with E-state index in [1.54, 1.807) is 13.1 Å². The van der Waals surface area contributed by atoms with E-state index < -0.39 is 6.04 Å². The Bertz CT molecular complexity index is 305. The first-order valence-electron chi connectivity index (χ1n) is 3.67. The summed E-state index contributed by atoms with van der Waals surface area (Å²) < 4.78 is 0. The molecule has 2 atom stereocenters. The molecule has 2 aliphatic heterocycles. The number of carbonyl (C=O) groups is 1. The molecule has 2 rings (SSSR count). The highest BCUT2D eigenvalue weighted by molar-refractivity contribution is 6.18. The summed E-state index contributed by atoms with van der Waals surface area (Å²) in [5.41, 5.74) is 0. The van der Waals surface area contributed by atoms with Gasteiger partial charge in [-0.2, -0.15) is 0 Å². The zero-order valence-electron chi connectivity index (χ0n) is 6.56. The zero-order chi connectivity index (χ0) is 8.55. The molecule has 0 spiro atoms. The molecular weight excluding hydrogens is 156 g/mol. The Morgan fingerprint density at radius 3 is 3.00 bits per heavy atom. The van der Waals surface area contributed by atoms with Crippen molar-refractivity contribution >= 4 is 24.2 Å². The van der Waals surface area contributed by atoms with E-state index in [4.69, 9.17) is 0 Å². The van der Waals surface area contributed by atoms with Gasteiger partial charge < -0.3 is 5.32 Å². The van der Waals surface area contributed by atoms with Gasteiger partial charge in [-0.3, -0.25) is 14.8 Å². The number of nitrogens with zero attached hydrogens (tertiary/aromatic N) is 3. The molecule has 12 heavy (non-hydrogen) atoms. The Kier molecular flexibility index (Phi) is 1.49. The van der Waals surface area contributed by atoms with Crippen LogP contribution < -0.4 is 5.32 Å². The molecule has 0 fully saturated rings. The summed E-state index contributed by atoms with van der Waals surface area (Å²) in [6.45, 7) is 1.74. The van der Waals surface area contributed by atoms with Gasteiger partial charge in [-0.1, -0.05) is 0 Å². The van der Waals surface area contributed by atoms with E-state index in [0.29, 0.717) is 5.84 Å². The molecule has 0 saturated heterocycles. The lowest BCUT2D eigenvalue weighted by Gasteiger charge is -2.23. The van der Waals surface area contributed by atoms with E-state index in [9.17, 15) is 4.79 Å². The summed E-state index contributed by atoms with van der Waals surface area (Å²) in [7, 11) is 0. The van der Waals surface area contributed by atoms with Crippen molar-refractivity contribution in [3.63, 3.8) is 0 Å². The summed E-state index contributed by atoms with van der Waals surface area (Å²) in [5.74, 6) is 0.483. The fourth-order valence-corrected chi connectivity index (χ4v) is 1.21. The molecule has 0 aromatic carbocycles. The second-order valence-electron chi connectivity index (χ2n) is 2.66. The van der Waals surface area contributed by atoms with E-state index in [1.807, 2.05) is 0 Å². The number of hydrogen-bond acceptors (Lipinski definition) is 4. The van der Waals surface area contributed by atoms with Crippen LogP contribution in [0.4, 0.5) is 0 Å². The molecule has 0 aliphatic carbocycles. The lowest BCUT2D eigenvalue weighted by atomic mass is 10.2. The van der Waals surface area contributed by atoms with E-state index in [0.717, 1.165) is 0 Å². The summed E-state index contributed by atoms with van der Waals surface area (Å²) in [4.78, 5) is 23.4. The van der Waals surface area contributed by atoms with Gasteiger partial charge in [0.15, 0.2) is 12.2 Å². The highest BCUT2D eigenvalue weighted by Crippen LogP contribution is 2.11. The molecule has 1 amide bonds. The molecule has 0 radical (unpaired) electrons. The van der Waals surface area contributed by atoms with Gasteiger partial charge in [0.05, 0.1) is 0 Å². The fraction of sp³-hybridized carbons (Fsp3) is 0.429. The number of hydrogen-bond donors (Lipinski definition) is 1. The number of carbonyl (C=O) groups excluding carboxylic acids is 1. The Morgan fingerprint density at radius 2 is 2.17 bits per heavy atom. The van der Waals surface area contributed by atoms with Crippen LogP contribution in [0.3, 0.4) is 0 Å². The Labute approximate surface area is 69.3 Å². The van der Waals surface area contributed by atoms with Gasteiger partial charge >= 0.3 is 0 Å². The van der Waals surface area contributed by atoms with Crippen LogP contribution in [0.2, 0.25) is 0 Å². The number of aliphatic imine (C=N–C) groups is 3. The maximum Gasteiger partial charge on any atom is 0.254 e. The van der Waals surface area contributed by atoms with Gasteiger partial charge in [0.25, 0.3) is 5.91 Å². The van der Waals surface area contributed by atoms with Crippen molar-refractivity contribution in [1.82, 2.24) is 5.32 Å². The smallest absolute Gasteiger partial charge is 0.254 e. The SMILES string of the molecule is CC1=NC2N=CC=NC2C(=O)N1. The number of nitrogens with one attached hydrogen (secondary N) is 1. The van der Waals surface area contributed by atoms with Gasteiger partial charge in [-0.25, -0.2) is 4.99 Å². The van der Waals surface area contributed by atoms with Crippen molar-refractivity contribution in [3.05, 3.63) is 0 Å². The molecule has 0 bridgehead atoms. The summed E-state index contributed by atoms with van der Waals surface area (Å²) in [5, 5.41) is 2.60. The van der Waals surface area contributed by atoms with Crippen LogP contribution in [0.15, 0.2) is 15.0 Å². The first-order valence-corrected chi connectivity index (χ1v) is 3.67. The molecule has 2 aliphatic rings. The van der Waals surface area contributed by atoms with Crippen molar-refractivity contribution in [2.45, 2.75) is 19.1 Å². The van der Waals surface area contributed by atoms with Crippen LogP contribution >= 0.6 is 0 Å². The average molecular weight is 164 g/mol. The van der Waals surface area contributed by atoms with Crippen LogP contribution in [0.25, 0.3) is 0 Å². The Morgan fingerprint density at radius 1 is 1.42 bits per heavy atom. The van der Waals surface area contributed by atoms with Crippen LogP contribution in [0.5, 0.6) is 0 Å². The quantitative estimate of drug-likeness (QED) is 0.509. The molecule has 5 heteroatoms. The van der Waals surface area contributed by atoms with Crippen LogP contribution in [-0.4, -0.2) is 36.4 Å². The molecule has 5 nitrogen and oxygen atoms in total. The summed E-state index contributed by atoms with van der Waals surface area (Å²) in [6, 6.07) is -0.460. The number of rotatable bonds is 0. The Hall–Kier alpha value is -1.52. The van der Waals surface area contributed by atoms with Crippen LogP contribution in [0.1, 0.15) is 6.92 Å². The molecule has 1 N–H and O–H groups in total. The summed E-state index contributed by atoms with van der Waals surface area (Å²) >= 11 is 0. The zero-order valence-corrected chi connectivity index (χ0v) is 6.56. The minimum absolute atomic E-state index is 0.124. The minimum atomic E-state index is -0.460. The number of amidine groups is 1. The monoisotopic (exact) mass is 164 g/mol. The third-order valence-electron chi connectivity index (χ3n) is 1.73. The summed E-state index contributed by atoms with van der Waals surface area (Å²) in [6.07, 6.45) is 2.75. The first kappa shape index (κ1) is 7.15. The molecule has 0 saturated carbocycles. The molecule has 2 unspecified atom stereocenters. The second kappa shape index (κ2) is 2.51. The maximum atomic E-state index is 11.3. The second-order valence-corrected chi connectivity index (χ2v) is 2.66. The van der Waals surface area contributed by atoms with Crippen molar-refractivity contribution < 1.29 is 4.79 Å². The lowest BCUT2D eigenvalue weighted by Crippen LogP contribution is -2.48. The largest absolute Gasteiger partial charge is 0.313 e. The Balaban J connectivity index is 2.34. The normalized spacial score (nSPS) is 32.4. The third-order valence-corrected chi connectivity index (χ3v) is 1.73. The van der Waals surface area contributed by atoms with E-state index >= 15 is 0 Å². The third kappa shape index (κ3) is 1.03. The molecule has 62 valence electrons. The maximum absolute atomic E-state index is 11.3. The predicted octanol–water partition coefficient (Wildman–Crippen LogP) is -0.616. The van der Waals surface area contributed by atoms with Crippen molar-refractivity contribution in [2.24, 2.45) is 15.0 Å². The molecule has 2 heterocycles. The fourth-order valence-electron chi connectivity index (χ4n) is 1.21. The van der Waals surface area contributed by atoms with Crippen molar-refractivity contribution in [2.75, 3.05) is 0 Å². The van der Waals surface area contributed by atoms with Gasteiger partial charge in [0.2, 0.25) is 0 Å². The van der Waals surface area contributed by atoms with Crippen LogP contribution in [0, 0.1) is 0 Å². The van der Waals surface area contributed by atoms with Gasteiger partial charge in [-0.15, -0.1) is 0 Å². The van der Waals surface area contributed by atoms with Crippen molar-refractivity contribution in [3.8, 4) is 0 Å². The predicted molar refractivity (Wildman–Crippen MR) is 45.8 cm³/mol. The van der Waals surface area contributed by atoms with Crippen molar-refractivity contribution in [1.29, 1.82) is 0 Å². The van der Waals surface area contributed by atoms with Gasteiger partial charge in [0, 0.05) is 12.4 Å².